The van der Waals surface area contributed by atoms with Gasteiger partial charge in [0, 0.05) is 67.3 Å². The number of phenolic OH excluding ortho intramolecular Hbond substituents is 1. The van der Waals surface area contributed by atoms with Gasteiger partial charge in [-0.05, 0) is 110 Å². The smallest absolute Gasteiger partial charge is 0.324 e. The number of nitroso groups, excluding NO2 is 1. The van der Waals surface area contributed by atoms with Crippen molar-refractivity contribution < 1.29 is 33.8 Å². The molecular weight excluding hydrogens is 801 g/mol. The van der Waals surface area contributed by atoms with E-state index >= 15 is 0 Å². The summed E-state index contributed by atoms with van der Waals surface area (Å²) in [6.07, 6.45) is 6.62. The van der Waals surface area contributed by atoms with Crippen LogP contribution in [-0.4, -0.2) is 124 Å². The van der Waals surface area contributed by atoms with E-state index in [-0.39, 0.29) is 43.0 Å². The molecule has 3 aliphatic heterocycles. The molecule has 2 amide bonds. The fraction of sp³-hybridized carbons (Fsp3) is 0.521. The molecule has 0 unspecified atom stereocenters. The van der Waals surface area contributed by atoms with E-state index < -0.39 is 35.3 Å². The lowest BCUT2D eigenvalue weighted by atomic mass is 9.84. The molecule has 4 aromatic rings. The Morgan fingerprint density at radius 2 is 1.89 bits per heavy atom. The number of aromatic nitrogens is 2. The van der Waals surface area contributed by atoms with Crippen LogP contribution < -0.4 is 5.43 Å². The number of esters is 1. The maximum Gasteiger partial charge on any atom is 0.324 e. The second-order valence-corrected chi connectivity index (χ2v) is 18.6. The lowest BCUT2D eigenvalue weighted by molar-refractivity contribution is -0.736. The first-order valence-corrected chi connectivity index (χ1v) is 22.2. The van der Waals surface area contributed by atoms with Crippen LogP contribution in [0.25, 0.3) is 33.3 Å². The number of methoxy groups -OCH3 is 1. The fourth-order valence-corrected chi connectivity index (χ4v) is 9.57. The largest absolute Gasteiger partial charge is 0.508 e. The number of ether oxygens (including phenoxy) is 2. The molecule has 3 aliphatic rings. The third-order valence-electron chi connectivity index (χ3n) is 12.6. The molecule has 7 rings (SSSR count). The number of aromatic hydroxyl groups is 1. The van der Waals surface area contributed by atoms with Crippen molar-refractivity contribution in [2.45, 2.75) is 104 Å². The molecule has 63 heavy (non-hydrogen) atoms. The Balaban J connectivity index is 1.36. The lowest BCUT2D eigenvalue weighted by Crippen LogP contribution is -2.57. The van der Waals surface area contributed by atoms with Crippen molar-refractivity contribution in [2.24, 2.45) is 16.3 Å². The van der Waals surface area contributed by atoms with Gasteiger partial charge in [-0.25, -0.2) is 10.4 Å². The average molecular weight is 864 g/mol. The van der Waals surface area contributed by atoms with Crippen LogP contribution in [0.3, 0.4) is 0 Å². The molecule has 2 N–H and O–H groups in total. The number of hydrogen-bond donors (Lipinski definition) is 2. The number of cyclic esters (lactones) is 1. The van der Waals surface area contributed by atoms with Gasteiger partial charge in [0.2, 0.25) is 6.04 Å². The van der Waals surface area contributed by atoms with Gasteiger partial charge in [-0.1, -0.05) is 39.8 Å². The molecular formula is C48H63N8O7+. The highest BCUT2D eigenvalue weighted by Gasteiger charge is 2.42. The second-order valence-electron chi connectivity index (χ2n) is 18.6. The number of benzene rings is 2. The number of hydrazine groups is 2. The van der Waals surface area contributed by atoms with E-state index in [0.29, 0.717) is 56.5 Å². The number of phenols is 1. The number of hydrogen-bond acceptors (Lipinski definition) is 10. The Labute approximate surface area is 370 Å². The molecule has 2 fully saturated rings. The van der Waals surface area contributed by atoms with Crippen LogP contribution in [0.5, 0.6) is 5.75 Å². The normalized spacial score (nSPS) is 21.0. The number of likely N-dealkylation sites (tertiary alicyclic amines) is 1. The molecule has 0 aliphatic carbocycles. The van der Waals surface area contributed by atoms with E-state index in [2.05, 4.69) is 57.8 Å². The quantitative estimate of drug-likeness (QED) is 0.113. The highest BCUT2D eigenvalue weighted by Crippen LogP contribution is 2.41. The van der Waals surface area contributed by atoms with Crippen LogP contribution in [-0.2, 0) is 49.9 Å². The zero-order chi connectivity index (χ0) is 45.2. The summed E-state index contributed by atoms with van der Waals surface area (Å²) >= 11 is 0. The minimum absolute atomic E-state index is 0.0130. The Hall–Kier alpha value is -5.51. The van der Waals surface area contributed by atoms with Gasteiger partial charge < -0.3 is 19.1 Å². The van der Waals surface area contributed by atoms with E-state index in [9.17, 15) is 24.4 Å². The molecule has 2 saturated heterocycles. The molecule has 0 radical (unpaired) electrons. The van der Waals surface area contributed by atoms with Crippen molar-refractivity contribution in [3.63, 3.8) is 0 Å². The number of rotatable bonds is 9. The molecule has 3 atom stereocenters. The third kappa shape index (κ3) is 9.85. The highest BCUT2D eigenvalue weighted by atomic mass is 16.5. The van der Waals surface area contributed by atoms with E-state index in [1.165, 1.54) is 10.0 Å². The molecule has 2 aromatic carbocycles. The third-order valence-corrected chi connectivity index (χ3v) is 12.6. The van der Waals surface area contributed by atoms with Crippen molar-refractivity contribution >= 4 is 34.4 Å². The van der Waals surface area contributed by atoms with Gasteiger partial charge in [0.05, 0.1) is 37.4 Å². The maximum atomic E-state index is 14.6. The number of nitrogens with zero attached hydrogens (tertiary/aromatic N) is 7. The number of aryl methyl sites for hydroxylation is 1. The summed E-state index contributed by atoms with van der Waals surface area (Å²) in [7, 11) is 5.26. The molecule has 5 heterocycles. The minimum atomic E-state index is -0.957. The van der Waals surface area contributed by atoms with Crippen LogP contribution in [0.4, 0.5) is 0 Å². The number of nitrogens with one attached hydrogen (secondary N) is 1. The number of pyridine rings is 1. The molecule has 336 valence electrons. The molecule has 15 nitrogen and oxygen atoms in total. The summed E-state index contributed by atoms with van der Waals surface area (Å²) in [6, 6.07) is 11.3. The first kappa shape index (κ1) is 45.5. The summed E-state index contributed by atoms with van der Waals surface area (Å²) in [4.78, 5) is 68.7. The number of likely N-dealkylation sites (N-methyl/N-ethyl adjacent to an activating group) is 2. The van der Waals surface area contributed by atoms with Crippen LogP contribution in [0.15, 0.2) is 59.9 Å². The van der Waals surface area contributed by atoms with E-state index in [0.717, 1.165) is 56.7 Å². The SMILES string of the molecule is CCn1c(-c2cnccc2COC)c2c3cc(ccc31)-c1cc(O)cc(c1)CC(=NC(=O)[C@H](C(C)C)N(C)[N+](=O)[C@@H]1CCCN(C)C1)C(=O)N1CCC[C@H](N1)C(=O)OCC(C)(C)C2. The molecule has 15 heteroatoms. The zero-order valence-electron chi connectivity index (χ0n) is 38.0. The Morgan fingerprint density at radius 3 is 2.62 bits per heavy atom. The number of carbonyl (C=O) groups is 3. The molecule has 2 aromatic heterocycles. The summed E-state index contributed by atoms with van der Waals surface area (Å²) in [5, 5.41) is 15.0. The molecule has 0 spiro atoms. The number of aliphatic imine (C=N–C) groups is 1. The predicted molar refractivity (Wildman–Crippen MR) is 242 cm³/mol. The van der Waals surface area contributed by atoms with Crippen molar-refractivity contribution in [3.8, 4) is 28.1 Å². The first-order chi connectivity index (χ1) is 30.1. The van der Waals surface area contributed by atoms with Crippen LogP contribution in [0.1, 0.15) is 77.0 Å². The number of amides is 2. The van der Waals surface area contributed by atoms with Crippen LogP contribution in [0.2, 0.25) is 0 Å². The van der Waals surface area contributed by atoms with Crippen molar-refractivity contribution in [3.05, 3.63) is 76.5 Å². The predicted octanol–water partition coefficient (Wildman–Crippen LogP) is 6.12. The summed E-state index contributed by atoms with van der Waals surface area (Å²) < 4.78 is 14.0. The van der Waals surface area contributed by atoms with Crippen molar-refractivity contribution in [2.75, 3.05) is 47.4 Å². The number of piperidine rings is 1. The standard InChI is InChI=1S/C48H62N8O7/c1-9-54-42-15-14-32-24-37(42)38(44(54)39-26-49-17-16-33(39)28-62-8)25-48(4,5)29-63-47(60)40-13-11-19-55(51-40)46(59)41(22-31-20-34(32)23-36(57)21-31)50-45(58)43(30(2)3)53(7)56(61)35-12-10-18-52(6)27-35/h14-17,20-21,23-24,26,30,35,40,43,51H,9-13,18-19,22,25,27-29H2,1-8H3/p+1/t35-,40+,43+/m1/s1. The summed E-state index contributed by atoms with van der Waals surface area (Å²) in [6.45, 7) is 12.9. The van der Waals surface area contributed by atoms with Crippen molar-refractivity contribution in [1.29, 1.82) is 0 Å². The first-order valence-electron chi connectivity index (χ1n) is 22.2. The Kier molecular flexibility index (Phi) is 13.8. The van der Waals surface area contributed by atoms with E-state index in [4.69, 9.17) is 9.47 Å². The zero-order valence-corrected chi connectivity index (χ0v) is 38.0. The fourth-order valence-electron chi connectivity index (χ4n) is 9.57. The van der Waals surface area contributed by atoms with Crippen molar-refractivity contribution in [1.82, 2.24) is 29.9 Å². The van der Waals surface area contributed by atoms with E-state index in [1.54, 1.807) is 32.5 Å². The highest BCUT2D eigenvalue weighted by molar-refractivity contribution is 6.40. The van der Waals surface area contributed by atoms with Gasteiger partial charge in [-0.15, -0.1) is 5.01 Å². The Morgan fingerprint density at radius 1 is 1.11 bits per heavy atom. The topological polar surface area (TPSA) is 162 Å². The maximum absolute atomic E-state index is 14.6. The second kappa shape index (κ2) is 19.1. The van der Waals surface area contributed by atoms with Gasteiger partial charge in [0.15, 0.2) is 6.04 Å². The Bertz CT molecular complexity index is 2410. The number of fused-ring (bicyclic) bond motifs is 6. The van der Waals surface area contributed by atoms with Gasteiger partial charge in [-0.2, -0.15) is 0 Å². The molecule has 0 saturated carbocycles. The van der Waals surface area contributed by atoms with Gasteiger partial charge >= 0.3 is 5.97 Å². The number of carbonyl (C=O) groups excluding carboxylic acids is 3. The summed E-state index contributed by atoms with van der Waals surface area (Å²) in [5.74, 6) is -2.02. The molecule has 6 bridgehead atoms. The monoisotopic (exact) mass is 863 g/mol. The van der Waals surface area contributed by atoms with Crippen LogP contribution in [0, 0.1) is 16.2 Å². The van der Waals surface area contributed by atoms with Gasteiger partial charge in [0.1, 0.15) is 22.4 Å². The summed E-state index contributed by atoms with van der Waals surface area (Å²) in [5.41, 5.74) is 9.64. The minimum Gasteiger partial charge on any atom is -0.508 e. The van der Waals surface area contributed by atoms with Gasteiger partial charge in [-0.3, -0.25) is 29.3 Å². The lowest BCUT2D eigenvalue weighted by Gasteiger charge is -2.34. The van der Waals surface area contributed by atoms with Crippen LogP contribution >= 0.6 is 0 Å². The average Bonchev–Trinajstić information content (AvgIpc) is 3.55. The van der Waals surface area contributed by atoms with Gasteiger partial charge in [0.25, 0.3) is 11.8 Å². The van der Waals surface area contributed by atoms with E-state index in [1.807, 2.05) is 45.3 Å².